The highest BCUT2D eigenvalue weighted by molar-refractivity contribution is 9.10. The first-order chi connectivity index (χ1) is 8.06. The number of nitrogens with zero attached hydrogens (tertiary/aromatic N) is 4. The molecule has 0 amide bonds. The molecular weight excluding hydrogens is 328 g/mol. The van der Waals surface area contributed by atoms with E-state index >= 15 is 0 Å². The first-order valence-corrected chi connectivity index (χ1v) is 6.77. The van der Waals surface area contributed by atoms with Crippen LogP contribution in [0.25, 0.3) is 0 Å². The highest BCUT2D eigenvalue weighted by Gasteiger charge is 2.13. The van der Waals surface area contributed by atoms with Crippen LogP contribution >= 0.6 is 39.0 Å². The van der Waals surface area contributed by atoms with Crippen molar-refractivity contribution in [3.8, 4) is 0 Å². The maximum absolute atomic E-state index is 10.5. The van der Waals surface area contributed by atoms with Gasteiger partial charge in [-0.2, -0.15) is 0 Å². The molecule has 0 atom stereocenters. The molecule has 2 aromatic heterocycles. The molecule has 0 radical (unpaired) electrons. The van der Waals surface area contributed by atoms with Gasteiger partial charge >= 0.3 is 0 Å². The Hall–Kier alpha value is -1.06. The average Bonchev–Trinajstić information content (AvgIpc) is 2.67. The minimum absolute atomic E-state index is 0.0466. The summed E-state index contributed by atoms with van der Waals surface area (Å²) in [6.45, 7) is 1.86. The van der Waals surface area contributed by atoms with Crippen LogP contribution in [0.2, 0.25) is 0 Å². The van der Waals surface area contributed by atoms with E-state index < -0.39 is 4.92 Å². The highest BCUT2D eigenvalue weighted by Crippen LogP contribution is 2.34. The van der Waals surface area contributed by atoms with Crippen molar-refractivity contribution in [2.75, 3.05) is 0 Å². The third kappa shape index (κ3) is 2.99. The molecule has 0 aliphatic heterocycles. The molecule has 0 unspecified atom stereocenters. The Kier molecular flexibility index (Phi) is 3.69. The molecule has 0 aliphatic rings. The molecule has 88 valence electrons. The van der Waals surface area contributed by atoms with Crippen LogP contribution in [0.15, 0.2) is 26.1 Å². The molecule has 6 nitrogen and oxygen atoms in total. The lowest BCUT2D eigenvalue weighted by Gasteiger charge is -1.99. The Bertz CT molecular complexity index is 574. The lowest BCUT2D eigenvalue weighted by atomic mass is 10.4. The molecule has 17 heavy (non-hydrogen) atoms. The van der Waals surface area contributed by atoms with Crippen LogP contribution in [0.1, 0.15) is 5.01 Å². The zero-order valence-corrected chi connectivity index (χ0v) is 11.7. The van der Waals surface area contributed by atoms with Crippen LogP contribution < -0.4 is 0 Å². The van der Waals surface area contributed by atoms with Gasteiger partial charge in [0.15, 0.2) is 4.34 Å². The van der Waals surface area contributed by atoms with Crippen LogP contribution in [0.3, 0.4) is 0 Å². The first-order valence-electron chi connectivity index (χ1n) is 4.34. The Morgan fingerprint density at radius 2 is 2.29 bits per heavy atom. The van der Waals surface area contributed by atoms with E-state index in [0.29, 0.717) is 9.50 Å². The van der Waals surface area contributed by atoms with E-state index in [1.807, 2.05) is 6.92 Å². The number of rotatable bonds is 3. The van der Waals surface area contributed by atoms with Gasteiger partial charge in [0, 0.05) is 6.07 Å². The number of hydrogen-bond donors (Lipinski definition) is 0. The van der Waals surface area contributed by atoms with Gasteiger partial charge in [0.2, 0.25) is 0 Å². The molecule has 0 spiro atoms. The monoisotopic (exact) mass is 332 g/mol. The SMILES string of the molecule is Cc1nnc(Sc2ncc([N+](=O)[O-])cc2Br)s1. The Morgan fingerprint density at radius 1 is 1.53 bits per heavy atom. The largest absolute Gasteiger partial charge is 0.288 e. The molecule has 0 aromatic carbocycles. The molecule has 0 saturated heterocycles. The van der Waals surface area contributed by atoms with Crippen molar-refractivity contribution in [3.63, 3.8) is 0 Å². The zero-order chi connectivity index (χ0) is 12.4. The summed E-state index contributed by atoms with van der Waals surface area (Å²) >= 11 is 6.02. The van der Waals surface area contributed by atoms with Crippen molar-refractivity contribution >= 4 is 44.7 Å². The minimum atomic E-state index is -0.485. The van der Waals surface area contributed by atoms with Crippen molar-refractivity contribution < 1.29 is 4.92 Å². The number of nitro groups is 1. The van der Waals surface area contributed by atoms with Gasteiger partial charge in [0.25, 0.3) is 5.69 Å². The third-order valence-electron chi connectivity index (χ3n) is 1.70. The quantitative estimate of drug-likeness (QED) is 0.634. The zero-order valence-electron chi connectivity index (χ0n) is 8.45. The number of hydrogen-bond acceptors (Lipinski definition) is 7. The van der Waals surface area contributed by atoms with E-state index in [4.69, 9.17) is 0 Å². The summed E-state index contributed by atoms with van der Waals surface area (Å²) in [5.74, 6) is 0. The standard InChI is InChI=1S/C8H5BrN4O2S2/c1-4-11-12-8(16-4)17-7-6(9)2-5(3-10-7)13(14)15/h2-3H,1H3. The van der Waals surface area contributed by atoms with Crippen LogP contribution in [0, 0.1) is 17.0 Å². The summed E-state index contributed by atoms with van der Waals surface area (Å²) < 4.78 is 1.33. The van der Waals surface area contributed by atoms with E-state index in [0.717, 1.165) is 9.35 Å². The molecule has 0 bridgehead atoms. The fourth-order valence-corrected chi connectivity index (χ4v) is 3.26. The lowest BCUT2D eigenvalue weighted by molar-refractivity contribution is -0.385. The third-order valence-corrected chi connectivity index (χ3v) is 4.47. The Labute approximate surface area is 113 Å². The molecule has 2 aromatic rings. The average molecular weight is 333 g/mol. The number of halogens is 1. The Morgan fingerprint density at radius 3 is 2.82 bits per heavy atom. The van der Waals surface area contributed by atoms with E-state index in [-0.39, 0.29) is 5.69 Å². The molecule has 2 rings (SSSR count). The summed E-state index contributed by atoms with van der Waals surface area (Å²) in [6, 6.07) is 1.42. The van der Waals surface area contributed by atoms with Gasteiger partial charge < -0.3 is 0 Å². The van der Waals surface area contributed by atoms with E-state index in [1.165, 1.54) is 35.4 Å². The molecule has 2 heterocycles. The van der Waals surface area contributed by atoms with Crippen LogP contribution in [0.4, 0.5) is 5.69 Å². The maximum Gasteiger partial charge on any atom is 0.288 e. The normalized spacial score (nSPS) is 10.5. The predicted molar refractivity (Wildman–Crippen MR) is 67.4 cm³/mol. The lowest BCUT2D eigenvalue weighted by Crippen LogP contribution is -1.90. The second kappa shape index (κ2) is 5.07. The Balaban J connectivity index is 2.25. The fraction of sp³-hybridized carbons (Fsp3) is 0.125. The van der Waals surface area contributed by atoms with Gasteiger partial charge in [0.1, 0.15) is 16.2 Å². The predicted octanol–water partition coefficient (Wildman–Crippen LogP) is 3.06. The first kappa shape index (κ1) is 12.4. The van der Waals surface area contributed by atoms with Crippen molar-refractivity contribution in [2.45, 2.75) is 16.3 Å². The van der Waals surface area contributed by atoms with Crippen molar-refractivity contribution in [1.82, 2.24) is 15.2 Å². The van der Waals surface area contributed by atoms with Crippen molar-refractivity contribution in [1.29, 1.82) is 0 Å². The molecule has 9 heteroatoms. The summed E-state index contributed by atoms with van der Waals surface area (Å²) in [6.07, 6.45) is 1.22. The van der Waals surface area contributed by atoms with Gasteiger partial charge in [-0.05, 0) is 34.6 Å². The number of aromatic nitrogens is 3. The number of aryl methyl sites for hydroxylation is 1. The van der Waals surface area contributed by atoms with Crippen LogP contribution in [-0.4, -0.2) is 20.1 Å². The summed E-state index contributed by atoms with van der Waals surface area (Å²) in [5.41, 5.74) is -0.0466. The van der Waals surface area contributed by atoms with Crippen molar-refractivity contribution in [2.24, 2.45) is 0 Å². The van der Waals surface area contributed by atoms with Crippen LogP contribution in [0.5, 0.6) is 0 Å². The topological polar surface area (TPSA) is 81.8 Å². The molecule has 0 aliphatic carbocycles. The van der Waals surface area contributed by atoms with Gasteiger partial charge in [-0.25, -0.2) is 4.98 Å². The molecule has 0 fully saturated rings. The second-order valence-electron chi connectivity index (χ2n) is 2.93. The van der Waals surface area contributed by atoms with Gasteiger partial charge in [-0.1, -0.05) is 11.3 Å². The van der Waals surface area contributed by atoms with Crippen LogP contribution in [-0.2, 0) is 0 Å². The van der Waals surface area contributed by atoms with Gasteiger partial charge in [0.05, 0.1) is 9.40 Å². The summed E-state index contributed by atoms with van der Waals surface area (Å²) in [5, 5.41) is 19.9. The maximum atomic E-state index is 10.5. The smallest absolute Gasteiger partial charge is 0.258 e. The highest BCUT2D eigenvalue weighted by atomic mass is 79.9. The molecule has 0 N–H and O–H groups in total. The fourth-order valence-electron chi connectivity index (χ4n) is 0.993. The van der Waals surface area contributed by atoms with Crippen molar-refractivity contribution in [3.05, 3.63) is 31.9 Å². The second-order valence-corrected chi connectivity index (χ2v) is 6.20. The van der Waals surface area contributed by atoms with Gasteiger partial charge in [-0.15, -0.1) is 10.2 Å². The molecule has 0 saturated carbocycles. The van der Waals surface area contributed by atoms with E-state index in [1.54, 1.807) is 0 Å². The summed E-state index contributed by atoms with van der Waals surface area (Å²) in [4.78, 5) is 14.1. The molecular formula is C8H5BrN4O2S2. The van der Waals surface area contributed by atoms with E-state index in [2.05, 4.69) is 31.1 Å². The van der Waals surface area contributed by atoms with Gasteiger partial charge in [-0.3, -0.25) is 10.1 Å². The number of pyridine rings is 1. The minimum Gasteiger partial charge on any atom is -0.258 e. The van der Waals surface area contributed by atoms with E-state index in [9.17, 15) is 10.1 Å². The summed E-state index contributed by atoms with van der Waals surface area (Å²) in [7, 11) is 0.